The summed E-state index contributed by atoms with van der Waals surface area (Å²) in [5, 5.41) is 5.83. The van der Waals surface area contributed by atoms with Gasteiger partial charge in [0.05, 0.1) is 0 Å². The average Bonchev–Trinajstić information content (AvgIpc) is 2.64. The first-order valence-electron chi connectivity index (χ1n) is 6.16. The highest BCUT2D eigenvalue weighted by Crippen LogP contribution is 2.31. The van der Waals surface area contributed by atoms with Gasteiger partial charge in [0.25, 0.3) is 0 Å². The van der Waals surface area contributed by atoms with Gasteiger partial charge >= 0.3 is 0 Å². The Hall–Kier alpha value is -0.340. The van der Waals surface area contributed by atoms with Crippen LogP contribution >= 0.6 is 11.3 Å². The highest BCUT2D eigenvalue weighted by atomic mass is 32.1. The van der Waals surface area contributed by atoms with Crippen molar-refractivity contribution < 1.29 is 0 Å². The minimum absolute atomic E-state index is 0.769. The van der Waals surface area contributed by atoms with E-state index < -0.39 is 0 Å². The Bertz CT molecular complexity index is 264. The molecule has 1 aliphatic carbocycles. The van der Waals surface area contributed by atoms with E-state index in [1.807, 2.05) is 11.3 Å². The van der Waals surface area contributed by atoms with Gasteiger partial charge in [-0.1, -0.05) is 19.4 Å². The standard InChI is InChI=1S/C13H21NS/c1-2-14-13(11-5-3-6-11)9-8-12-7-4-10-15-12/h4,7,10-11,13-14H,2-3,5-6,8-9H2,1H3. The molecule has 0 radical (unpaired) electrons. The summed E-state index contributed by atoms with van der Waals surface area (Å²) in [7, 11) is 0. The number of nitrogens with one attached hydrogen (secondary N) is 1. The summed E-state index contributed by atoms with van der Waals surface area (Å²) in [5.41, 5.74) is 0. The maximum absolute atomic E-state index is 3.65. The van der Waals surface area contributed by atoms with Crippen molar-refractivity contribution in [2.75, 3.05) is 6.54 Å². The van der Waals surface area contributed by atoms with E-state index in [-0.39, 0.29) is 0 Å². The molecular weight excluding hydrogens is 202 g/mol. The maximum Gasteiger partial charge on any atom is 0.00986 e. The van der Waals surface area contributed by atoms with E-state index >= 15 is 0 Å². The van der Waals surface area contributed by atoms with Crippen LogP contribution in [-0.2, 0) is 6.42 Å². The third-order valence-electron chi connectivity index (χ3n) is 3.47. The van der Waals surface area contributed by atoms with Crippen LogP contribution in [0.1, 0.15) is 37.5 Å². The molecule has 0 aliphatic heterocycles. The smallest absolute Gasteiger partial charge is 0.00986 e. The minimum atomic E-state index is 0.769. The normalized spacial score (nSPS) is 18.7. The molecular formula is C13H21NS. The number of rotatable bonds is 6. The van der Waals surface area contributed by atoms with Crippen LogP contribution in [0.3, 0.4) is 0 Å². The topological polar surface area (TPSA) is 12.0 Å². The van der Waals surface area contributed by atoms with Gasteiger partial charge in [-0.05, 0) is 49.6 Å². The third-order valence-corrected chi connectivity index (χ3v) is 4.40. The van der Waals surface area contributed by atoms with Crippen LogP contribution in [0.15, 0.2) is 17.5 Å². The van der Waals surface area contributed by atoms with Gasteiger partial charge in [-0.25, -0.2) is 0 Å². The monoisotopic (exact) mass is 223 g/mol. The van der Waals surface area contributed by atoms with Crippen LogP contribution in [0.2, 0.25) is 0 Å². The summed E-state index contributed by atoms with van der Waals surface area (Å²) in [6, 6.07) is 5.19. The Morgan fingerprint density at radius 2 is 2.40 bits per heavy atom. The van der Waals surface area contributed by atoms with Crippen molar-refractivity contribution in [3.05, 3.63) is 22.4 Å². The van der Waals surface area contributed by atoms with Crippen LogP contribution in [0.5, 0.6) is 0 Å². The van der Waals surface area contributed by atoms with E-state index in [2.05, 4.69) is 29.8 Å². The van der Waals surface area contributed by atoms with Crippen LogP contribution in [0.25, 0.3) is 0 Å². The van der Waals surface area contributed by atoms with E-state index in [0.29, 0.717) is 0 Å². The molecule has 2 heteroatoms. The Balaban J connectivity index is 1.78. The molecule has 1 heterocycles. The van der Waals surface area contributed by atoms with Gasteiger partial charge in [0, 0.05) is 10.9 Å². The van der Waals surface area contributed by atoms with E-state index in [1.165, 1.54) is 37.0 Å². The van der Waals surface area contributed by atoms with Crippen LogP contribution in [-0.4, -0.2) is 12.6 Å². The fourth-order valence-corrected chi connectivity index (χ4v) is 3.09. The highest BCUT2D eigenvalue weighted by molar-refractivity contribution is 7.09. The van der Waals surface area contributed by atoms with Crippen molar-refractivity contribution in [1.82, 2.24) is 5.32 Å². The summed E-state index contributed by atoms with van der Waals surface area (Å²) < 4.78 is 0. The molecule has 0 amide bonds. The van der Waals surface area contributed by atoms with E-state index in [4.69, 9.17) is 0 Å². The van der Waals surface area contributed by atoms with Crippen LogP contribution < -0.4 is 5.32 Å². The van der Waals surface area contributed by atoms with E-state index in [9.17, 15) is 0 Å². The molecule has 15 heavy (non-hydrogen) atoms. The van der Waals surface area contributed by atoms with Gasteiger partial charge in [0.2, 0.25) is 0 Å². The van der Waals surface area contributed by atoms with Gasteiger partial charge in [-0.3, -0.25) is 0 Å². The Labute approximate surface area is 96.9 Å². The molecule has 1 N–H and O–H groups in total. The summed E-state index contributed by atoms with van der Waals surface area (Å²) in [6.45, 7) is 3.34. The molecule has 1 aromatic rings. The van der Waals surface area contributed by atoms with E-state index in [1.54, 1.807) is 0 Å². The minimum Gasteiger partial charge on any atom is -0.314 e. The molecule has 0 aromatic carbocycles. The van der Waals surface area contributed by atoms with E-state index in [0.717, 1.165) is 18.5 Å². The zero-order valence-corrected chi connectivity index (χ0v) is 10.4. The van der Waals surface area contributed by atoms with Crippen molar-refractivity contribution >= 4 is 11.3 Å². The Kier molecular flexibility index (Phi) is 4.21. The lowest BCUT2D eigenvalue weighted by Gasteiger charge is -2.34. The summed E-state index contributed by atoms with van der Waals surface area (Å²) >= 11 is 1.89. The largest absolute Gasteiger partial charge is 0.314 e. The fourth-order valence-electron chi connectivity index (χ4n) is 2.36. The fraction of sp³-hybridized carbons (Fsp3) is 0.692. The molecule has 1 saturated carbocycles. The highest BCUT2D eigenvalue weighted by Gasteiger charge is 2.26. The lowest BCUT2D eigenvalue weighted by Crippen LogP contribution is -2.39. The van der Waals surface area contributed by atoms with Crippen LogP contribution in [0, 0.1) is 5.92 Å². The second kappa shape index (κ2) is 5.66. The predicted molar refractivity (Wildman–Crippen MR) is 67.4 cm³/mol. The summed E-state index contributed by atoms with van der Waals surface area (Å²) in [6.07, 6.45) is 6.92. The second-order valence-electron chi connectivity index (χ2n) is 4.47. The first-order valence-corrected chi connectivity index (χ1v) is 7.04. The van der Waals surface area contributed by atoms with Crippen LogP contribution in [0.4, 0.5) is 0 Å². The molecule has 1 fully saturated rings. The Morgan fingerprint density at radius 1 is 1.53 bits per heavy atom. The number of hydrogen-bond donors (Lipinski definition) is 1. The lowest BCUT2D eigenvalue weighted by molar-refractivity contribution is 0.222. The van der Waals surface area contributed by atoms with Crippen molar-refractivity contribution in [3.8, 4) is 0 Å². The number of hydrogen-bond acceptors (Lipinski definition) is 2. The van der Waals surface area contributed by atoms with Gasteiger partial charge in [0.15, 0.2) is 0 Å². The SMILES string of the molecule is CCNC(CCc1cccs1)C1CCC1. The molecule has 1 unspecified atom stereocenters. The molecule has 0 saturated heterocycles. The first kappa shape index (κ1) is 11.2. The first-order chi connectivity index (χ1) is 7.40. The molecule has 2 rings (SSSR count). The second-order valence-corrected chi connectivity index (χ2v) is 5.51. The van der Waals surface area contributed by atoms with Gasteiger partial charge in [-0.15, -0.1) is 11.3 Å². The van der Waals surface area contributed by atoms with Crippen molar-refractivity contribution in [2.24, 2.45) is 5.92 Å². The molecule has 0 bridgehead atoms. The van der Waals surface area contributed by atoms with Crippen molar-refractivity contribution in [1.29, 1.82) is 0 Å². The maximum atomic E-state index is 3.65. The zero-order chi connectivity index (χ0) is 10.5. The van der Waals surface area contributed by atoms with Gasteiger partial charge in [-0.2, -0.15) is 0 Å². The molecule has 1 aliphatic rings. The van der Waals surface area contributed by atoms with Gasteiger partial charge < -0.3 is 5.32 Å². The van der Waals surface area contributed by atoms with Crippen molar-refractivity contribution in [2.45, 2.75) is 45.1 Å². The molecule has 1 nitrogen and oxygen atoms in total. The summed E-state index contributed by atoms with van der Waals surface area (Å²) in [5.74, 6) is 0.963. The number of thiophene rings is 1. The quantitative estimate of drug-likeness (QED) is 0.779. The summed E-state index contributed by atoms with van der Waals surface area (Å²) in [4.78, 5) is 1.54. The average molecular weight is 223 g/mol. The number of aryl methyl sites for hydroxylation is 1. The predicted octanol–water partition coefficient (Wildman–Crippen LogP) is 3.46. The lowest BCUT2D eigenvalue weighted by atomic mass is 9.78. The molecule has 1 aromatic heterocycles. The van der Waals surface area contributed by atoms with Crippen molar-refractivity contribution in [3.63, 3.8) is 0 Å². The Morgan fingerprint density at radius 3 is 2.93 bits per heavy atom. The molecule has 84 valence electrons. The molecule has 0 spiro atoms. The zero-order valence-electron chi connectivity index (χ0n) is 9.54. The van der Waals surface area contributed by atoms with Gasteiger partial charge in [0.1, 0.15) is 0 Å². The third kappa shape index (κ3) is 3.05. The molecule has 1 atom stereocenters.